The number of amides is 1. The molecule has 1 fully saturated rings. The molecule has 3 heterocycles. The van der Waals surface area contributed by atoms with Crippen molar-refractivity contribution in [2.24, 2.45) is 5.92 Å². The summed E-state index contributed by atoms with van der Waals surface area (Å²) < 4.78 is 1.90. The van der Waals surface area contributed by atoms with Crippen molar-refractivity contribution in [3.63, 3.8) is 0 Å². The quantitative estimate of drug-likeness (QED) is 0.624. The predicted octanol–water partition coefficient (Wildman–Crippen LogP) is 5.00. The number of hydrogen-bond acceptors (Lipinski definition) is 4. The molecule has 27 heavy (non-hydrogen) atoms. The van der Waals surface area contributed by atoms with Gasteiger partial charge in [0.25, 0.3) is 5.91 Å². The smallest absolute Gasteiger partial charge is 0.254 e. The van der Waals surface area contributed by atoms with Crippen molar-refractivity contribution < 1.29 is 4.79 Å². The molecular formula is C21H26N4OS. The minimum atomic E-state index is 0.0652. The highest BCUT2D eigenvalue weighted by molar-refractivity contribution is 7.13. The van der Waals surface area contributed by atoms with Gasteiger partial charge < -0.3 is 4.90 Å². The second kappa shape index (κ2) is 7.43. The van der Waals surface area contributed by atoms with Crippen LogP contribution < -0.4 is 0 Å². The molecule has 0 bridgehead atoms. The van der Waals surface area contributed by atoms with Gasteiger partial charge in [0, 0.05) is 19.6 Å². The molecule has 6 heteroatoms. The zero-order valence-electron chi connectivity index (χ0n) is 16.2. The Morgan fingerprint density at radius 3 is 2.81 bits per heavy atom. The summed E-state index contributed by atoms with van der Waals surface area (Å²) in [5.41, 5.74) is 2.34. The van der Waals surface area contributed by atoms with Crippen LogP contribution in [0.5, 0.6) is 0 Å². The standard InChI is InChI=1S/C21H26N4OS/c1-14(2)25-20-17(12-22-25)16(11-18(23-20)19-9-6-10-27-19)21(26)24(3)13-15-7-4-5-8-15/h6,9-12,14-15H,4-5,7-8,13H2,1-3H3. The van der Waals surface area contributed by atoms with Crippen LogP contribution in [-0.2, 0) is 0 Å². The van der Waals surface area contributed by atoms with Gasteiger partial charge in [0.05, 0.1) is 27.7 Å². The first-order chi connectivity index (χ1) is 13.0. The Kier molecular flexibility index (Phi) is 5.00. The van der Waals surface area contributed by atoms with Gasteiger partial charge in [-0.15, -0.1) is 11.3 Å². The monoisotopic (exact) mass is 382 g/mol. The molecule has 1 amide bonds. The predicted molar refractivity (Wildman–Crippen MR) is 110 cm³/mol. The van der Waals surface area contributed by atoms with Crippen molar-refractivity contribution in [3.05, 3.63) is 35.3 Å². The molecule has 3 aromatic heterocycles. The van der Waals surface area contributed by atoms with Crippen molar-refractivity contribution in [3.8, 4) is 10.6 Å². The van der Waals surface area contributed by atoms with Gasteiger partial charge in [-0.05, 0) is 50.1 Å². The van der Waals surface area contributed by atoms with Crippen molar-refractivity contribution in [2.45, 2.75) is 45.6 Å². The Labute approximate surface area is 164 Å². The number of aromatic nitrogens is 3. The molecule has 0 atom stereocenters. The molecule has 142 valence electrons. The zero-order chi connectivity index (χ0) is 19.0. The number of rotatable bonds is 5. The highest BCUT2D eigenvalue weighted by Crippen LogP contribution is 2.30. The minimum absolute atomic E-state index is 0.0652. The Hall–Kier alpha value is -2.21. The molecule has 1 aliphatic rings. The van der Waals surface area contributed by atoms with Crippen LogP contribution in [0.15, 0.2) is 29.8 Å². The summed E-state index contributed by atoms with van der Waals surface area (Å²) in [6.45, 7) is 4.99. The molecule has 0 N–H and O–H groups in total. The normalized spacial score (nSPS) is 15.1. The van der Waals surface area contributed by atoms with E-state index in [1.54, 1.807) is 17.5 Å². The van der Waals surface area contributed by atoms with E-state index in [2.05, 4.69) is 18.9 Å². The van der Waals surface area contributed by atoms with Gasteiger partial charge in [-0.25, -0.2) is 9.67 Å². The van der Waals surface area contributed by atoms with E-state index in [4.69, 9.17) is 4.98 Å². The molecule has 1 aliphatic carbocycles. The van der Waals surface area contributed by atoms with E-state index in [9.17, 15) is 4.79 Å². The van der Waals surface area contributed by atoms with Gasteiger partial charge in [0.1, 0.15) is 0 Å². The lowest BCUT2D eigenvalue weighted by molar-refractivity contribution is 0.0775. The Morgan fingerprint density at radius 1 is 1.37 bits per heavy atom. The van der Waals surface area contributed by atoms with Gasteiger partial charge in [-0.3, -0.25) is 4.79 Å². The lowest BCUT2D eigenvalue weighted by atomic mass is 10.1. The van der Waals surface area contributed by atoms with Crippen LogP contribution in [0.25, 0.3) is 21.6 Å². The largest absolute Gasteiger partial charge is 0.341 e. The molecule has 1 saturated carbocycles. The average Bonchev–Trinajstić information content (AvgIpc) is 3.40. The fourth-order valence-electron chi connectivity index (χ4n) is 3.99. The Bertz CT molecular complexity index is 939. The van der Waals surface area contributed by atoms with E-state index in [0.29, 0.717) is 11.5 Å². The van der Waals surface area contributed by atoms with Crippen LogP contribution in [0.1, 0.15) is 55.9 Å². The fraction of sp³-hybridized carbons (Fsp3) is 0.476. The summed E-state index contributed by atoms with van der Waals surface area (Å²) in [5.74, 6) is 0.696. The van der Waals surface area contributed by atoms with E-state index < -0.39 is 0 Å². The van der Waals surface area contributed by atoms with Gasteiger partial charge in [0.15, 0.2) is 5.65 Å². The molecule has 0 aliphatic heterocycles. The summed E-state index contributed by atoms with van der Waals surface area (Å²) in [6.07, 6.45) is 6.83. The van der Waals surface area contributed by atoms with Crippen LogP contribution in [0, 0.1) is 5.92 Å². The molecule has 0 radical (unpaired) electrons. The SMILES string of the molecule is CC(C)n1ncc2c(C(=O)N(C)CC3CCCC3)cc(-c3cccs3)nc21. The first-order valence-electron chi connectivity index (χ1n) is 9.72. The summed E-state index contributed by atoms with van der Waals surface area (Å²) in [5, 5.41) is 7.39. The van der Waals surface area contributed by atoms with Gasteiger partial charge in [-0.2, -0.15) is 5.10 Å². The topological polar surface area (TPSA) is 51.0 Å². The summed E-state index contributed by atoms with van der Waals surface area (Å²) >= 11 is 1.64. The Balaban J connectivity index is 1.77. The molecule has 5 nitrogen and oxygen atoms in total. The van der Waals surface area contributed by atoms with Crippen LogP contribution in [0.4, 0.5) is 0 Å². The molecule has 0 unspecified atom stereocenters. The molecular weight excluding hydrogens is 356 g/mol. The number of fused-ring (bicyclic) bond motifs is 1. The third kappa shape index (κ3) is 3.50. The van der Waals surface area contributed by atoms with E-state index in [-0.39, 0.29) is 11.9 Å². The summed E-state index contributed by atoms with van der Waals surface area (Å²) in [6, 6.07) is 6.19. The zero-order valence-corrected chi connectivity index (χ0v) is 17.0. The maximum absolute atomic E-state index is 13.3. The highest BCUT2D eigenvalue weighted by Gasteiger charge is 2.24. The fourth-order valence-corrected chi connectivity index (χ4v) is 4.68. The van der Waals surface area contributed by atoms with Crippen molar-refractivity contribution in [1.29, 1.82) is 0 Å². The van der Waals surface area contributed by atoms with E-state index in [0.717, 1.165) is 28.1 Å². The summed E-state index contributed by atoms with van der Waals surface area (Å²) in [7, 11) is 1.92. The van der Waals surface area contributed by atoms with Crippen molar-refractivity contribution in [1.82, 2.24) is 19.7 Å². The van der Waals surface area contributed by atoms with Crippen molar-refractivity contribution in [2.75, 3.05) is 13.6 Å². The van der Waals surface area contributed by atoms with E-state index in [1.807, 2.05) is 40.2 Å². The number of carbonyl (C=O) groups is 1. The summed E-state index contributed by atoms with van der Waals surface area (Å²) in [4.78, 5) is 21.1. The van der Waals surface area contributed by atoms with Crippen LogP contribution in [0.3, 0.4) is 0 Å². The third-order valence-electron chi connectivity index (χ3n) is 5.41. The number of hydrogen-bond donors (Lipinski definition) is 0. The van der Waals surface area contributed by atoms with Gasteiger partial charge in [-0.1, -0.05) is 18.9 Å². The second-order valence-electron chi connectivity index (χ2n) is 7.79. The first kappa shape index (κ1) is 18.2. The number of carbonyl (C=O) groups excluding carboxylic acids is 1. The average molecular weight is 383 g/mol. The van der Waals surface area contributed by atoms with E-state index >= 15 is 0 Å². The lowest BCUT2D eigenvalue weighted by Gasteiger charge is -2.21. The third-order valence-corrected chi connectivity index (χ3v) is 6.31. The second-order valence-corrected chi connectivity index (χ2v) is 8.74. The van der Waals surface area contributed by atoms with Crippen LogP contribution in [0.2, 0.25) is 0 Å². The molecule has 0 aromatic carbocycles. The van der Waals surface area contributed by atoms with Crippen LogP contribution >= 0.6 is 11.3 Å². The number of thiophene rings is 1. The number of nitrogens with zero attached hydrogens (tertiary/aromatic N) is 4. The van der Waals surface area contributed by atoms with Gasteiger partial charge in [0.2, 0.25) is 0 Å². The maximum atomic E-state index is 13.3. The molecule has 0 spiro atoms. The molecule has 4 rings (SSSR count). The first-order valence-corrected chi connectivity index (χ1v) is 10.6. The maximum Gasteiger partial charge on any atom is 0.254 e. The van der Waals surface area contributed by atoms with Gasteiger partial charge >= 0.3 is 0 Å². The highest BCUT2D eigenvalue weighted by atomic mass is 32.1. The van der Waals surface area contributed by atoms with Crippen LogP contribution in [-0.4, -0.2) is 39.2 Å². The minimum Gasteiger partial charge on any atom is -0.341 e. The Morgan fingerprint density at radius 2 is 2.15 bits per heavy atom. The molecule has 3 aromatic rings. The molecule has 0 saturated heterocycles. The number of pyridine rings is 1. The van der Waals surface area contributed by atoms with E-state index in [1.165, 1.54) is 25.7 Å². The van der Waals surface area contributed by atoms with Crippen molar-refractivity contribution >= 4 is 28.3 Å². The lowest BCUT2D eigenvalue weighted by Crippen LogP contribution is -2.31.